The van der Waals surface area contributed by atoms with Crippen molar-refractivity contribution >= 4 is 12.4 Å². The van der Waals surface area contributed by atoms with E-state index in [1.165, 1.54) is 23.1 Å². The molecule has 1 aliphatic carbocycles. The van der Waals surface area contributed by atoms with Gasteiger partial charge in [-0.2, -0.15) is 0 Å². The van der Waals surface area contributed by atoms with Crippen LogP contribution in [0, 0.1) is 0 Å². The van der Waals surface area contributed by atoms with Gasteiger partial charge in [0.25, 0.3) is 0 Å². The summed E-state index contributed by atoms with van der Waals surface area (Å²) >= 11 is 0. The van der Waals surface area contributed by atoms with Crippen LogP contribution in [0.4, 0.5) is 0 Å². The number of rotatable bonds is 2. The third kappa shape index (κ3) is 2.54. The molecule has 2 unspecified atom stereocenters. The molecule has 0 saturated carbocycles. The molecular weight excluding hydrogens is 254 g/mol. The Balaban J connectivity index is 0.00000133. The Morgan fingerprint density at radius 2 is 1.42 bits per heavy atom. The van der Waals surface area contributed by atoms with Crippen molar-refractivity contribution in [3.63, 3.8) is 0 Å². The van der Waals surface area contributed by atoms with Crippen LogP contribution in [-0.2, 0) is 0 Å². The molecule has 0 heterocycles. The van der Waals surface area contributed by atoms with Crippen LogP contribution in [-0.4, -0.2) is 19.0 Å². The number of hydrogen-bond acceptors (Lipinski definition) is 1. The maximum atomic E-state index is 2.34. The molecule has 2 heteroatoms. The smallest absolute Gasteiger partial charge is 0.0354 e. The van der Waals surface area contributed by atoms with Gasteiger partial charge in [-0.1, -0.05) is 54.6 Å². The van der Waals surface area contributed by atoms with Crippen molar-refractivity contribution in [2.75, 3.05) is 14.1 Å². The first-order chi connectivity index (χ1) is 8.77. The minimum absolute atomic E-state index is 0. The first kappa shape index (κ1) is 14.1. The zero-order valence-corrected chi connectivity index (χ0v) is 12.2. The van der Waals surface area contributed by atoms with Crippen molar-refractivity contribution in [3.8, 4) is 0 Å². The SMILES string of the molecule is CN(C)C1CC(c2ccccc2)c2ccccc21.Cl. The molecule has 0 spiro atoms. The third-order valence-corrected chi connectivity index (χ3v) is 4.01. The largest absolute Gasteiger partial charge is 0.302 e. The first-order valence-corrected chi connectivity index (χ1v) is 6.57. The Labute approximate surface area is 121 Å². The minimum Gasteiger partial charge on any atom is -0.302 e. The zero-order valence-electron chi connectivity index (χ0n) is 11.4. The second-order valence-electron chi connectivity index (χ2n) is 5.31. The molecule has 2 aromatic rings. The van der Waals surface area contributed by atoms with E-state index in [1.54, 1.807) is 0 Å². The summed E-state index contributed by atoms with van der Waals surface area (Å²) in [7, 11) is 4.35. The van der Waals surface area contributed by atoms with E-state index in [0.717, 1.165) is 0 Å². The average Bonchev–Trinajstić information content (AvgIpc) is 2.79. The van der Waals surface area contributed by atoms with Crippen molar-refractivity contribution in [1.82, 2.24) is 4.90 Å². The van der Waals surface area contributed by atoms with Gasteiger partial charge in [0.2, 0.25) is 0 Å². The van der Waals surface area contributed by atoms with Gasteiger partial charge in [0, 0.05) is 12.0 Å². The van der Waals surface area contributed by atoms with E-state index in [-0.39, 0.29) is 12.4 Å². The van der Waals surface area contributed by atoms with Crippen LogP contribution in [0.25, 0.3) is 0 Å². The lowest BCUT2D eigenvalue weighted by Crippen LogP contribution is -2.17. The van der Waals surface area contributed by atoms with Crippen LogP contribution in [0.15, 0.2) is 54.6 Å². The maximum Gasteiger partial charge on any atom is 0.0354 e. The summed E-state index contributed by atoms with van der Waals surface area (Å²) in [6, 6.07) is 20.3. The van der Waals surface area contributed by atoms with E-state index in [0.29, 0.717) is 12.0 Å². The number of benzene rings is 2. The van der Waals surface area contributed by atoms with Crippen LogP contribution < -0.4 is 0 Å². The highest BCUT2D eigenvalue weighted by atomic mass is 35.5. The van der Waals surface area contributed by atoms with Gasteiger partial charge in [0.1, 0.15) is 0 Å². The third-order valence-electron chi connectivity index (χ3n) is 4.01. The van der Waals surface area contributed by atoms with Gasteiger partial charge in [-0.25, -0.2) is 0 Å². The molecule has 3 rings (SSSR count). The lowest BCUT2D eigenvalue weighted by Gasteiger charge is -2.20. The lowest BCUT2D eigenvalue weighted by molar-refractivity contribution is 0.293. The Kier molecular flexibility index (Phi) is 4.28. The number of halogens is 1. The van der Waals surface area contributed by atoms with Crippen molar-refractivity contribution in [2.24, 2.45) is 0 Å². The van der Waals surface area contributed by atoms with Gasteiger partial charge in [-0.3, -0.25) is 0 Å². The fourth-order valence-corrected chi connectivity index (χ4v) is 3.10. The highest BCUT2D eigenvalue weighted by Gasteiger charge is 2.32. The molecule has 100 valence electrons. The predicted octanol–water partition coefficient (Wildman–Crippen LogP) is 4.25. The fraction of sp³-hybridized carbons (Fsp3) is 0.294. The molecule has 0 saturated heterocycles. The van der Waals surface area contributed by atoms with E-state index in [2.05, 4.69) is 73.6 Å². The molecule has 0 N–H and O–H groups in total. The standard InChI is InChI=1S/C17H19N.ClH/c1-18(2)17-12-16(13-8-4-3-5-9-13)14-10-6-7-11-15(14)17;/h3-11,16-17H,12H2,1-2H3;1H. The molecule has 1 aliphatic rings. The highest BCUT2D eigenvalue weighted by Crippen LogP contribution is 2.45. The van der Waals surface area contributed by atoms with Crippen molar-refractivity contribution in [2.45, 2.75) is 18.4 Å². The molecule has 0 radical (unpaired) electrons. The second-order valence-corrected chi connectivity index (χ2v) is 5.31. The zero-order chi connectivity index (χ0) is 12.5. The van der Waals surface area contributed by atoms with Gasteiger partial charge in [-0.15, -0.1) is 12.4 Å². The summed E-state index contributed by atoms with van der Waals surface area (Å²) < 4.78 is 0. The first-order valence-electron chi connectivity index (χ1n) is 6.57. The van der Waals surface area contributed by atoms with Gasteiger partial charge < -0.3 is 4.90 Å². The molecular formula is C17H20ClN. The molecule has 0 aliphatic heterocycles. The van der Waals surface area contributed by atoms with Crippen molar-refractivity contribution < 1.29 is 0 Å². The Morgan fingerprint density at radius 3 is 2.05 bits per heavy atom. The summed E-state index contributed by atoms with van der Waals surface area (Å²) in [5.74, 6) is 0.551. The number of fused-ring (bicyclic) bond motifs is 1. The van der Waals surface area contributed by atoms with Crippen molar-refractivity contribution in [1.29, 1.82) is 0 Å². The quantitative estimate of drug-likeness (QED) is 0.791. The Hall–Kier alpha value is -1.31. The summed E-state index contributed by atoms with van der Waals surface area (Å²) in [5, 5.41) is 0. The van der Waals surface area contributed by atoms with E-state index in [4.69, 9.17) is 0 Å². The topological polar surface area (TPSA) is 3.24 Å². The summed E-state index contributed by atoms with van der Waals surface area (Å²) in [6.07, 6.45) is 1.19. The van der Waals surface area contributed by atoms with Crippen LogP contribution in [0.2, 0.25) is 0 Å². The van der Waals surface area contributed by atoms with Gasteiger partial charge in [0.05, 0.1) is 0 Å². The molecule has 2 aromatic carbocycles. The van der Waals surface area contributed by atoms with Gasteiger partial charge in [0.15, 0.2) is 0 Å². The van der Waals surface area contributed by atoms with E-state index in [9.17, 15) is 0 Å². The predicted molar refractivity (Wildman–Crippen MR) is 83.0 cm³/mol. The average molecular weight is 274 g/mol. The molecule has 0 aromatic heterocycles. The van der Waals surface area contributed by atoms with E-state index in [1.807, 2.05) is 0 Å². The second kappa shape index (κ2) is 5.77. The molecule has 19 heavy (non-hydrogen) atoms. The molecule has 1 nitrogen and oxygen atoms in total. The number of nitrogens with zero attached hydrogens (tertiary/aromatic N) is 1. The molecule has 0 bridgehead atoms. The fourth-order valence-electron chi connectivity index (χ4n) is 3.10. The maximum absolute atomic E-state index is 2.34. The van der Waals surface area contributed by atoms with Gasteiger partial charge in [-0.05, 0) is 37.2 Å². The monoisotopic (exact) mass is 273 g/mol. The van der Waals surface area contributed by atoms with Crippen LogP contribution in [0.5, 0.6) is 0 Å². The minimum atomic E-state index is 0. The van der Waals surface area contributed by atoms with Crippen LogP contribution in [0.3, 0.4) is 0 Å². The summed E-state index contributed by atoms with van der Waals surface area (Å²) in [6.45, 7) is 0. The summed E-state index contributed by atoms with van der Waals surface area (Å²) in [4.78, 5) is 2.34. The lowest BCUT2D eigenvalue weighted by atomic mass is 9.93. The molecule has 0 amide bonds. The Bertz CT molecular complexity index is 536. The number of hydrogen-bond donors (Lipinski definition) is 0. The van der Waals surface area contributed by atoms with Crippen LogP contribution in [0.1, 0.15) is 35.1 Å². The highest BCUT2D eigenvalue weighted by molar-refractivity contribution is 5.85. The van der Waals surface area contributed by atoms with E-state index < -0.39 is 0 Å². The molecule has 2 atom stereocenters. The summed E-state index contributed by atoms with van der Waals surface area (Å²) in [5.41, 5.74) is 4.44. The molecule has 0 fully saturated rings. The van der Waals surface area contributed by atoms with Crippen molar-refractivity contribution in [3.05, 3.63) is 71.3 Å². The van der Waals surface area contributed by atoms with Gasteiger partial charge >= 0.3 is 0 Å². The Morgan fingerprint density at radius 1 is 0.842 bits per heavy atom. The van der Waals surface area contributed by atoms with E-state index >= 15 is 0 Å². The normalized spacial score (nSPS) is 21.0. The van der Waals surface area contributed by atoms with Crippen LogP contribution >= 0.6 is 12.4 Å².